The van der Waals surface area contributed by atoms with E-state index in [1.54, 1.807) is 0 Å². The van der Waals surface area contributed by atoms with Gasteiger partial charge in [-0.2, -0.15) is 39.5 Å². The maximum atomic E-state index is 14.0. The number of amides is 1. The second-order valence-electron chi connectivity index (χ2n) is 5.02. The highest BCUT2D eigenvalue weighted by atomic mass is 35.5. The van der Waals surface area contributed by atoms with E-state index in [1.165, 1.54) is 0 Å². The zero-order chi connectivity index (χ0) is 20.3. The molecule has 0 radical (unpaired) electrons. The first-order chi connectivity index (χ1) is 11.5. The summed E-state index contributed by atoms with van der Waals surface area (Å²) in [5.74, 6) is -28.9. The minimum absolute atomic E-state index is 0.0494. The summed E-state index contributed by atoms with van der Waals surface area (Å²) in [6.07, 6.45) is -6.31. The lowest BCUT2D eigenvalue weighted by Gasteiger charge is -2.31. The molecule has 1 aromatic carbocycles. The Bertz CT molecular complexity index is 758. The summed E-state index contributed by atoms with van der Waals surface area (Å²) in [7, 11) is 0. The summed E-state index contributed by atoms with van der Waals surface area (Å²) in [5.41, 5.74) is -0.718. The summed E-state index contributed by atoms with van der Waals surface area (Å²) >= 11 is 11.0. The largest absolute Gasteiger partial charge is 0.428 e. The Morgan fingerprint density at radius 3 is 1.96 bits per heavy atom. The number of carbonyl (C=O) groups excluding carboxylic acids is 1. The average molecular weight is 436 g/mol. The number of ether oxygens (including phenoxy) is 1. The van der Waals surface area contributed by atoms with Gasteiger partial charge in [-0.1, -0.05) is 23.2 Å². The second-order valence-corrected chi connectivity index (χ2v) is 5.86. The fourth-order valence-electron chi connectivity index (χ4n) is 1.89. The lowest BCUT2D eigenvalue weighted by molar-refractivity contribution is -0.366. The quantitative estimate of drug-likeness (QED) is 0.668. The van der Waals surface area contributed by atoms with Gasteiger partial charge in [-0.3, -0.25) is 9.53 Å². The van der Waals surface area contributed by atoms with E-state index in [9.17, 15) is 44.3 Å². The highest BCUT2D eigenvalue weighted by molar-refractivity contribution is 6.36. The highest BCUT2D eigenvalue weighted by Crippen LogP contribution is 2.64. The molecule has 1 aliphatic heterocycles. The molecule has 146 valence electrons. The van der Waals surface area contributed by atoms with Crippen molar-refractivity contribution in [2.24, 2.45) is 0 Å². The maximum Gasteiger partial charge on any atom is 0.428 e. The normalized spacial score (nSPS) is 26.6. The van der Waals surface area contributed by atoms with Gasteiger partial charge in [-0.15, -0.1) is 0 Å². The van der Waals surface area contributed by atoms with Crippen molar-refractivity contribution in [1.29, 1.82) is 0 Å². The van der Waals surface area contributed by atoms with Gasteiger partial charge in [0.1, 0.15) is 0 Å². The number of alkyl halides is 9. The van der Waals surface area contributed by atoms with Crippen molar-refractivity contribution in [1.82, 2.24) is 0 Å². The first kappa shape index (κ1) is 20.9. The van der Waals surface area contributed by atoms with Gasteiger partial charge in [0.25, 0.3) is 0 Å². The molecule has 1 aromatic rings. The van der Waals surface area contributed by atoms with E-state index < -0.39 is 46.3 Å². The molecule has 2 rings (SSSR count). The molecule has 1 fully saturated rings. The molecule has 14 heteroatoms. The van der Waals surface area contributed by atoms with Crippen LogP contribution in [0.2, 0.25) is 10.0 Å². The molecule has 0 aromatic heterocycles. The molecule has 1 saturated heterocycles. The summed E-state index contributed by atoms with van der Waals surface area (Å²) < 4.78 is 122. The maximum absolute atomic E-state index is 14.0. The zero-order valence-electron chi connectivity index (χ0n) is 11.7. The van der Waals surface area contributed by atoms with Crippen molar-refractivity contribution in [3.05, 3.63) is 28.2 Å². The van der Waals surface area contributed by atoms with Gasteiger partial charge in [0.15, 0.2) is 0 Å². The fraction of sp³-hybridized carbons (Fsp3) is 0.417. The smallest absolute Gasteiger partial charge is 0.319 e. The van der Waals surface area contributed by atoms with E-state index >= 15 is 0 Å². The van der Waals surface area contributed by atoms with Crippen molar-refractivity contribution in [2.45, 2.75) is 29.7 Å². The van der Waals surface area contributed by atoms with Gasteiger partial charge >= 0.3 is 35.6 Å². The van der Waals surface area contributed by atoms with E-state index in [0.717, 1.165) is 23.5 Å². The molecule has 0 saturated carbocycles. The van der Waals surface area contributed by atoms with Crippen LogP contribution in [0.4, 0.5) is 45.2 Å². The number of halogens is 11. The third kappa shape index (κ3) is 2.61. The standard InChI is InChI=1S/C12H4Cl2F9NO2/c13-4-1-2-6(5(14)3-4)24-7(25)8(15,16)11(21)9(17,18)10(19,20)12(22,23)26-11/h1-3H,(H,24,25)/t11-/m0/s1. The van der Waals surface area contributed by atoms with E-state index in [4.69, 9.17) is 23.2 Å². The van der Waals surface area contributed by atoms with Crippen LogP contribution in [0, 0.1) is 0 Å². The molecule has 0 aliphatic carbocycles. The van der Waals surface area contributed by atoms with Gasteiger partial charge in [0, 0.05) is 5.02 Å². The van der Waals surface area contributed by atoms with Crippen molar-refractivity contribution in [3.8, 4) is 0 Å². The molecule has 1 N–H and O–H groups in total. The lowest BCUT2D eigenvalue weighted by Crippen LogP contribution is -2.63. The third-order valence-corrected chi connectivity index (χ3v) is 3.85. The van der Waals surface area contributed by atoms with Crippen molar-refractivity contribution < 1.29 is 49.0 Å². The second kappa shape index (κ2) is 5.80. The average Bonchev–Trinajstić information content (AvgIpc) is 2.57. The van der Waals surface area contributed by atoms with Crippen LogP contribution in [0.25, 0.3) is 0 Å². The summed E-state index contributed by atoms with van der Waals surface area (Å²) in [6, 6.07) is 2.65. The number of rotatable bonds is 3. The van der Waals surface area contributed by atoms with Crippen LogP contribution in [0.15, 0.2) is 18.2 Å². The first-order valence-electron chi connectivity index (χ1n) is 6.18. The van der Waals surface area contributed by atoms with Crippen LogP contribution in [-0.2, 0) is 9.53 Å². The molecule has 0 unspecified atom stereocenters. The molecular formula is C12H4Cl2F9NO2. The van der Waals surface area contributed by atoms with Gasteiger partial charge in [-0.25, -0.2) is 0 Å². The van der Waals surface area contributed by atoms with Crippen LogP contribution in [0.1, 0.15) is 0 Å². The number of hydrogen-bond acceptors (Lipinski definition) is 2. The van der Waals surface area contributed by atoms with Crippen LogP contribution >= 0.6 is 23.2 Å². The monoisotopic (exact) mass is 435 g/mol. The molecule has 1 amide bonds. The number of carbonyl (C=O) groups is 1. The molecule has 1 aliphatic rings. The molecule has 3 nitrogen and oxygen atoms in total. The van der Waals surface area contributed by atoms with Gasteiger partial charge in [0.2, 0.25) is 0 Å². The van der Waals surface area contributed by atoms with Crippen molar-refractivity contribution in [3.63, 3.8) is 0 Å². The molecule has 26 heavy (non-hydrogen) atoms. The van der Waals surface area contributed by atoms with Crippen LogP contribution in [-0.4, -0.2) is 35.6 Å². The van der Waals surface area contributed by atoms with E-state index in [0.29, 0.717) is 0 Å². The van der Waals surface area contributed by atoms with E-state index in [1.807, 2.05) is 0 Å². The minimum atomic E-state index is -6.76. The molecule has 0 spiro atoms. The zero-order valence-corrected chi connectivity index (χ0v) is 13.2. The molecule has 1 heterocycles. The highest BCUT2D eigenvalue weighted by Gasteiger charge is 2.96. The van der Waals surface area contributed by atoms with Gasteiger partial charge in [0.05, 0.1) is 10.7 Å². The Balaban J connectivity index is 2.44. The van der Waals surface area contributed by atoms with Crippen LogP contribution < -0.4 is 5.32 Å². The van der Waals surface area contributed by atoms with Crippen molar-refractivity contribution >= 4 is 34.8 Å². The number of hydrogen-bond donors (Lipinski definition) is 1. The Morgan fingerprint density at radius 2 is 1.54 bits per heavy atom. The molecule has 0 bridgehead atoms. The van der Waals surface area contributed by atoms with Gasteiger partial charge in [-0.05, 0) is 18.2 Å². The Hall–Kier alpha value is -1.40. The number of anilines is 1. The van der Waals surface area contributed by atoms with E-state index in [2.05, 4.69) is 4.74 Å². The Morgan fingerprint density at radius 1 is 1.00 bits per heavy atom. The third-order valence-electron chi connectivity index (χ3n) is 3.30. The Labute approximate surface area is 148 Å². The Kier molecular flexibility index (Phi) is 4.66. The topological polar surface area (TPSA) is 38.3 Å². The van der Waals surface area contributed by atoms with Crippen LogP contribution in [0.3, 0.4) is 0 Å². The first-order valence-corrected chi connectivity index (χ1v) is 6.94. The lowest BCUT2D eigenvalue weighted by atomic mass is 9.99. The number of nitrogens with one attached hydrogen (secondary N) is 1. The summed E-state index contributed by atoms with van der Waals surface area (Å²) in [6.45, 7) is 0. The fourth-order valence-corrected chi connectivity index (χ4v) is 2.34. The van der Waals surface area contributed by atoms with Crippen molar-refractivity contribution in [2.75, 3.05) is 5.32 Å². The molecule has 1 atom stereocenters. The number of benzene rings is 1. The predicted molar refractivity (Wildman–Crippen MR) is 69.8 cm³/mol. The van der Waals surface area contributed by atoms with Gasteiger partial charge < -0.3 is 5.32 Å². The predicted octanol–water partition coefficient (Wildman–Crippen LogP) is 5.13. The summed E-state index contributed by atoms with van der Waals surface area (Å²) in [5, 5.41) is 0.576. The minimum Gasteiger partial charge on any atom is -0.319 e. The van der Waals surface area contributed by atoms with E-state index in [-0.39, 0.29) is 5.02 Å². The molecular weight excluding hydrogens is 432 g/mol. The SMILES string of the molecule is O=C(Nc1ccc(Cl)cc1Cl)C(F)(F)[C@]1(F)OC(F)(F)C(F)(F)C1(F)F. The summed E-state index contributed by atoms with van der Waals surface area (Å²) in [4.78, 5) is 11.5. The van der Waals surface area contributed by atoms with Crippen LogP contribution in [0.5, 0.6) is 0 Å².